The Labute approximate surface area is 152 Å². The molecule has 0 saturated heterocycles. The lowest BCUT2D eigenvalue weighted by Gasteiger charge is -2.24. The van der Waals surface area contributed by atoms with Crippen molar-refractivity contribution in [3.63, 3.8) is 0 Å². The van der Waals surface area contributed by atoms with E-state index in [2.05, 4.69) is 20.4 Å². The Balaban J connectivity index is 0.00000139. The third-order valence-corrected chi connectivity index (χ3v) is 4.81. The number of halogens is 1. The highest BCUT2D eigenvalue weighted by Gasteiger charge is 2.30. The first-order valence-corrected chi connectivity index (χ1v) is 9.25. The summed E-state index contributed by atoms with van der Waals surface area (Å²) >= 11 is 6.25. The van der Waals surface area contributed by atoms with Gasteiger partial charge in [-0.05, 0) is 48.6 Å². The number of carbonyl (C=O) groups excluding carboxylic acids is 1. The van der Waals surface area contributed by atoms with E-state index in [4.69, 9.17) is 11.6 Å². The molecule has 0 saturated carbocycles. The van der Waals surface area contributed by atoms with Gasteiger partial charge in [-0.2, -0.15) is 0 Å². The molecule has 0 radical (unpaired) electrons. The van der Waals surface area contributed by atoms with Crippen molar-refractivity contribution in [3.8, 4) is 0 Å². The van der Waals surface area contributed by atoms with Crippen molar-refractivity contribution >= 4 is 17.5 Å². The highest BCUT2D eigenvalue weighted by molar-refractivity contribution is 6.31. The van der Waals surface area contributed by atoms with Crippen LogP contribution in [-0.4, -0.2) is 23.4 Å². The molecule has 1 heterocycles. The smallest absolute Gasteiger partial charge is 0.227 e. The lowest BCUT2D eigenvalue weighted by molar-refractivity contribution is -0.130. The maximum atomic E-state index is 12.7. The van der Waals surface area contributed by atoms with Gasteiger partial charge in [0.25, 0.3) is 0 Å². The molecule has 1 aliphatic heterocycles. The van der Waals surface area contributed by atoms with E-state index in [1.165, 1.54) is 11.1 Å². The van der Waals surface area contributed by atoms with Crippen LogP contribution in [0, 0.1) is 6.92 Å². The minimum atomic E-state index is 0.106. The third-order valence-electron chi connectivity index (χ3n) is 4.46. The summed E-state index contributed by atoms with van der Waals surface area (Å²) < 4.78 is 0. The monoisotopic (exact) mass is 347 g/mol. The summed E-state index contributed by atoms with van der Waals surface area (Å²) in [4.78, 5) is 14.7. The summed E-state index contributed by atoms with van der Waals surface area (Å²) in [6.07, 6.45) is 4.38. The van der Waals surface area contributed by atoms with Crippen LogP contribution in [-0.2, 0) is 11.2 Å². The molecule has 0 fully saturated rings. The third kappa shape index (κ3) is 4.51. The Morgan fingerprint density at radius 3 is 2.62 bits per heavy atom. The second kappa shape index (κ2) is 9.68. The van der Waals surface area contributed by atoms with Gasteiger partial charge in [-0.25, -0.2) is 0 Å². The van der Waals surface area contributed by atoms with E-state index in [0.29, 0.717) is 11.4 Å². The molecular formula is C21H30ClNO. The van der Waals surface area contributed by atoms with Gasteiger partial charge in [0.2, 0.25) is 5.91 Å². The molecule has 3 heteroatoms. The molecule has 1 aliphatic rings. The number of benzene rings is 1. The van der Waals surface area contributed by atoms with Gasteiger partial charge in [-0.15, -0.1) is 0 Å². The summed E-state index contributed by atoms with van der Waals surface area (Å²) in [5.74, 6) is 0.133. The summed E-state index contributed by atoms with van der Waals surface area (Å²) in [6, 6.07) is 5.87. The Hall–Kier alpha value is -1.54. The fourth-order valence-corrected chi connectivity index (χ4v) is 3.47. The Morgan fingerprint density at radius 1 is 1.42 bits per heavy atom. The number of rotatable bonds is 5. The molecule has 2 nitrogen and oxygen atoms in total. The molecule has 1 unspecified atom stereocenters. The first-order valence-electron chi connectivity index (χ1n) is 8.87. The van der Waals surface area contributed by atoms with Crippen LogP contribution in [0.5, 0.6) is 0 Å². The van der Waals surface area contributed by atoms with E-state index in [9.17, 15) is 4.79 Å². The molecule has 1 aromatic carbocycles. The normalized spacial score (nSPS) is 16.8. The Bertz CT molecular complexity index is 598. The summed E-state index contributed by atoms with van der Waals surface area (Å²) in [5.41, 5.74) is 4.56. The number of carbonyl (C=O) groups is 1. The molecule has 132 valence electrons. The Morgan fingerprint density at radius 2 is 2.08 bits per heavy atom. The van der Waals surface area contributed by atoms with Crippen LogP contribution in [0.3, 0.4) is 0 Å². The summed E-state index contributed by atoms with van der Waals surface area (Å²) in [5, 5.41) is 0.672. The van der Waals surface area contributed by atoms with Gasteiger partial charge in [0, 0.05) is 11.6 Å². The quantitative estimate of drug-likeness (QED) is 0.666. The minimum absolute atomic E-state index is 0.106. The predicted octanol–water partition coefficient (Wildman–Crippen LogP) is 5.73. The maximum absolute atomic E-state index is 12.7. The molecule has 0 bridgehead atoms. The van der Waals surface area contributed by atoms with Crippen LogP contribution in [0.15, 0.2) is 42.0 Å². The second-order valence-electron chi connectivity index (χ2n) is 5.92. The zero-order valence-electron chi connectivity index (χ0n) is 15.7. The molecule has 0 aromatic heterocycles. The highest BCUT2D eigenvalue weighted by Crippen LogP contribution is 2.29. The molecular weight excluding hydrogens is 318 g/mol. The standard InChI is InChI=1S/C19H24ClNO.C2H6/c1-5-8-15-12-21(14(4)16(15)6-2)19(22)11-17-13(3)9-7-10-18(17)20;1-2/h6-7,9-10,14H,2,5,8,11-12H2,1,3-4H3;1-2H3. The lowest BCUT2D eigenvalue weighted by Crippen LogP contribution is -2.36. The largest absolute Gasteiger partial charge is 0.332 e. The first kappa shape index (κ1) is 20.5. The van der Waals surface area contributed by atoms with E-state index < -0.39 is 0 Å². The van der Waals surface area contributed by atoms with Crippen LogP contribution in [0.1, 0.15) is 51.7 Å². The molecule has 0 aliphatic carbocycles. The van der Waals surface area contributed by atoms with Crippen LogP contribution in [0.25, 0.3) is 0 Å². The molecule has 1 aromatic rings. The van der Waals surface area contributed by atoms with E-state index in [-0.39, 0.29) is 11.9 Å². The fraction of sp³-hybridized carbons (Fsp3) is 0.476. The number of nitrogens with zero attached hydrogens (tertiary/aromatic N) is 1. The van der Waals surface area contributed by atoms with E-state index in [1.807, 2.05) is 49.9 Å². The van der Waals surface area contributed by atoms with Gasteiger partial charge in [0.05, 0.1) is 12.5 Å². The average Bonchev–Trinajstić information content (AvgIpc) is 2.89. The first-order chi connectivity index (χ1) is 11.5. The van der Waals surface area contributed by atoms with Gasteiger partial charge < -0.3 is 4.90 Å². The van der Waals surface area contributed by atoms with Gasteiger partial charge in [0.1, 0.15) is 0 Å². The van der Waals surface area contributed by atoms with Crippen molar-refractivity contribution in [2.24, 2.45) is 0 Å². The fourth-order valence-electron chi connectivity index (χ4n) is 3.18. The minimum Gasteiger partial charge on any atom is -0.332 e. The van der Waals surface area contributed by atoms with Crippen LogP contribution < -0.4 is 0 Å². The molecule has 24 heavy (non-hydrogen) atoms. The number of aryl methyl sites for hydroxylation is 1. The van der Waals surface area contributed by atoms with Gasteiger partial charge in [0.15, 0.2) is 0 Å². The van der Waals surface area contributed by atoms with Crippen LogP contribution in [0.2, 0.25) is 5.02 Å². The average molecular weight is 348 g/mol. The van der Waals surface area contributed by atoms with Crippen molar-refractivity contribution in [1.82, 2.24) is 4.90 Å². The highest BCUT2D eigenvalue weighted by atomic mass is 35.5. The number of hydrogen-bond donors (Lipinski definition) is 0. The molecule has 2 rings (SSSR count). The van der Waals surface area contributed by atoms with Crippen molar-refractivity contribution in [2.45, 2.75) is 59.9 Å². The number of amides is 1. The van der Waals surface area contributed by atoms with Crippen molar-refractivity contribution in [2.75, 3.05) is 6.54 Å². The lowest BCUT2D eigenvalue weighted by atomic mass is 10.0. The number of hydrogen-bond acceptors (Lipinski definition) is 1. The molecule has 1 atom stereocenters. The van der Waals surface area contributed by atoms with Crippen LogP contribution in [0.4, 0.5) is 0 Å². The maximum Gasteiger partial charge on any atom is 0.227 e. The van der Waals surface area contributed by atoms with Crippen molar-refractivity contribution in [3.05, 3.63) is 58.1 Å². The topological polar surface area (TPSA) is 20.3 Å². The van der Waals surface area contributed by atoms with E-state index in [0.717, 1.165) is 30.5 Å². The SMILES string of the molecule is C=CC1=C(CCC)CN(C(=O)Cc2c(C)cccc2Cl)C1C.CC. The van der Waals surface area contributed by atoms with Gasteiger partial charge >= 0.3 is 0 Å². The van der Waals surface area contributed by atoms with Crippen LogP contribution >= 0.6 is 11.6 Å². The van der Waals surface area contributed by atoms with Gasteiger partial charge in [-0.3, -0.25) is 4.79 Å². The zero-order chi connectivity index (χ0) is 18.3. The second-order valence-corrected chi connectivity index (χ2v) is 6.33. The molecule has 0 spiro atoms. The van der Waals surface area contributed by atoms with E-state index >= 15 is 0 Å². The van der Waals surface area contributed by atoms with E-state index in [1.54, 1.807) is 0 Å². The molecule has 1 amide bonds. The summed E-state index contributed by atoms with van der Waals surface area (Å²) in [7, 11) is 0. The Kier molecular flexibility index (Phi) is 8.27. The zero-order valence-corrected chi connectivity index (χ0v) is 16.4. The summed E-state index contributed by atoms with van der Waals surface area (Å²) in [6.45, 7) is 14.9. The van der Waals surface area contributed by atoms with Crippen molar-refractivity contribution < 1.29 is 4.79 Å². The molecule has 0 N–H and O–H groups in total. The van der Waals surface area contributed by atoms with Crippen molar-refractivity contribution in [1.29, 1.82) is 0 Å². The predicted molar refractivity (Wildman–Crippen MR) is 105 cm³/mol. The van der Waals surface area contributed by atoms with Gasteiger partial charge in [-0.1, -0.05) is 63.6 Å².